The Morgan fingerprint density at radius 3 is 0.991 bits per heavy atom. The molecule has 0 fully saturated rings. The molecule has 0 unspecified atom stereocenters. The number of aliphatic hydroxyl groups is 2. The molecular formula is C100H98F3Ir2N5O5S-4. The molecule has 2 radical (unpaired) electrons. The minimum Gasteiger partial charge on any atom is -0.400 e. The molecule has 0 spiro atoms. The van der Waals surface area contributed by atoms with Crippen LogP contribution >= 0.6 is 0 Å². The number of hydrogen-bond donors (Lipinski definition) is 3. The van der Waals surface area contributed by atoms with Crippen LogP contribution in [-0.4, -0.2) is 67.8 Å². The third kappa shape index (κ3) is 22.8. The van der Waals surface area contributed by atoms with Crippen molar-refractivity contribution in [2.24, 2.45) is 0 Å². The Hall–Kier alpha value is -10.4. The van der Waals surface area contributed by atoms with E-state index in [1.54, 1.807) is 42.6 Å². The molecule has 2 aliphatic rings. The summed E-state index contributed by atoms with van der Waals surface area (Å²) in [6.07, 6.45) is 8.29. The van der Waals surface area contributed by atoms with Gasteiger partial charge in [0.1, 0.15) is 0 Å². The van der Waals surface area contributed by atoms with Gasteiger partial charge in [-0.1, -0.05) is 222 Å². The molecule has 5 heterocycles. The van der Waals surface area contributed by atoms with E-state index in [4.69, 9.17) is 39.6 Å². The SMILES string of the molecule is CC1(C)c2ccccc2C(C)(C)c2cc(-c3ccnc(-c4[c-]cccc4)c3)ccc21.CC1(C)c2ccccc2C(C)(C)c2cc(-c3ccnc(-c4ccccc4)c3)ccc21.CO.CO.O=S(=O)(O)C(F)(F)F.[2H]C([2H])([2H])c1c[c-]c(-c2ccc(C([2H])([2H])[2H])cn2)cc1.[2H]C([2H])([2H])c1c[c-]c(-c2ccc(C)cn2)cc1.[2H]C([2H])([2H])c1ccc(-c2[c-]cc(C)cc2)nc1.[Ir].[Ir]. The fourth-order valence-electron chi connectivity index (χ4n) is 13.5. The first-order valence-electron chi connectivity index (χ1n) is 42.4. The topological polar surface area (TPSA) is 159 Å². The van der Waals surface area contributed by atoms with E-state index in [0.29, 0.717) is 16.8 Å². The van der Waals surface area contributed by atoms with Crippen molar-refractivity contribution in [3.05, 3.63) is 388 Å². The molecule has 602 valence electrons. The minimum atomic E-state index is -5.84. The van der Waals surface area contributed by atoms with Crippen LogP contribution < -0.4 is 0 Å². The molecule has 0 aliphatic heterocycles. The summed E-state index contributed by atoms with van der Waals surface area (Å²) in [6, 6.07) is 96.4. The van der Waals surface area contributed by atoms with Gasteiger partial charge in [-0.3, -0.25) is 9.54 Å². The number of halogens is 3. The molecule has 16 heteroatoms. The standard InChI is InChI=1S/C29H27N.C29H26N.3C13H12N.CHF3O3S.2CH4O.2Ir/c2*1-28(2)23-12-8-9-13-24(23)29(3,4)26-18-21(14-15-25(26)28)22-16-17-30-27(19-22)20-10-6-5-7-11-20;3*1-10-3-6-12(7-4-10)13-8-5-11(2)9-14-13;2-1(3,4)8(5,6)7;2*1-2;;/h5-19H,1-4H3;5-10,12-19H,1-4H3;3*3-6,8-9H,1-2H3;(H,5,6,7);2*2H,1H3;;/q;4*-1;;;;;/i;;1D3,2D3;2D3;1D3;;;;;. The summed E-state index contributed by atoms with van der Waals surface area (Å²) in [5, 5.41) is 14.0. The number of aromatic nitrogens is 5. The number of fused-ring (bicyclic) bond motifs is 4. The number of nitrogens with zero attached hydrogens (tertiary/aromatic N) is 5. The van der Waals surface area contributed by atoms with Gasteiger partial charge >= 0.3 is 15.6 Å². The number of pyridine rings is 5. The fourth-order valence-corrected chi connectivity index (χ4v) is 13.5. The number of rotatable bonds is 7. The summed E-state index contributed by atoms with van der Waals surface area (Å²) in [4.78, 5) is 21.7. The van der Waals surface area contributed by atoms with Crippen LogP contribution in [-0.2, 0) is 72.0 Å². The summed E-state index contributed by atoms with van der Waals surface area (Å²) in [7, 11) is -3.84. The van der Waals surface area contributed by atoms with Crippen LogP contribution in [0.1, 0.15) is 150 Å². The monoisotopic (exact) mass is 1940 g/mol. The molecule has 0 atom stereocenters. The van der Waals surface area contributed by atoms with Gasteiger partial charge in [0.05, 0.1) is 5.69 Å². The Bertz CT molecular complexity index is 5740. The van der Waals surface area contributed by atoms with E-state index in [9.17, 15) is 13.2 Å². The van der Waals surface area contributed by atoms with E-state index < -0.39 is 43.0 Å². The van der Waals surface area contributed by atoms with Crippen LogP contribution in [0.4, 0.5) is 13.2 Å². The van der Waals surface area contributed by atoms with Crippen molar-refractivity contribution >= 4 is 10.1 Å². The smallest absolute Gasteiger partial charge is 0.400 e. The molecule has 14 aromatic rings. The quantitative estimate of drug-likeness (QED) is 0.0796. The minimum absolute atomic E-state index is 0. The van der Waals surface area contributed by atoms with Crippen molar-refractivity contribution in [3.63, 3.8) is 0 Å². The maximum absolute atomic E-state index is 10.7. The Balaban J connectivity index is 0.000000216. The molecule has 2 aliphatic carbocycles. The van der Waals surface area contributed by atoms with Crippen LogP contribution in [0.2, 0.25) is 0 Å². The third-order valence-electron chi connectivity index (χ3n) is 19.7. The van der Waals surface area contributed by atoms with Gasteiger partial charge in [-0.25, -0.2) is 0 Å². The fraction of sp³-hybridized carbons (Fsp3) is 0.210. The summed E-state index contributed by atoms with van der Waals surface area (Å²) >= 11 is 0. The Kier molecular flexibility index (Phi) is 26.7. The van der Waals surface area contributed by atoms with Gasteiger partial charge in [-0.15, -0.1) is 142 Å². The zero-order chi connectivity index (χ0) is 92.8. The zero-order valence-corrected chi connectivity index (χ0v) is 71.8. The van der Waals surface area contributed by atoms with Crippen molar-refractivity contribution in [3.8, 4) is 78.5 Å². The van der Waals surface area contributed by atoms with E-state index in [-0.39, 0.29) is 78.6 Å². The van der Waals surface area contributed by atoms with Gasteiger partial charge in [-0.2, -0.15) is 21.6 Å². The van der Waals surface area contributed by atoms with E-state index >= 15 is 0 Å². The third-order valence-corrected chi connectivity index (χ3v) is 20.3. The van der Waals surface area contributed by atoms with E-state index in [2.05, 4.69) is 244 Å². The molecule has 0 amide bonds. The molecule has 5 aromatic heterocycles. The van der Waals surface area contributed by atoms with Gasteiger partial charge in [0, 0.05) is 129 Å². The molecule has 3 N–H and O–H groups in total. The molecule has 0 saturated heterocycles. The van der Waals surface area contributed by atoms with Gasteiger partial charge in [0.25, 0.3) is 0 Å². The predicted octanol–water partition coefficient (Wildman–Crippen LogP) is 23.7. The van der Waals surface area contributed by atoms with Crippen LogP contribution in [0.5, 0.6) is 0 Å². The normalized spacial score (nSPS) is 14.9. The predicted molar refractivity (Wildman–Crippen MR) is 458 cm³/mol. The van der Waals surface area contributed by atoms with Crippen LogP contribution in [0, 0.1) is 65.5 Å². The maximum atomic E-state index is 10.7. The number of aryl methyl sites for hydroxylation is 6. The van der Waals surface area contributed by atoms with Gasteiger partial charge < -0.3 is 30.1 Å². The molecule has 10 nitrogen and oxygen atoms in total. The van der Waals surface area contributed by atoms with Crippen LogP contribution in [0.15, 0.2) is 286 Å². The van der Waals surface area contributed by atoms with Crippen LogP contribution in [0.3, 0.4) is 0 Å². The first kappa shape index (κ1) is 75.7. The Morgan fingerprint density at radius 2 is 0.647 bits per heavy atom. The second-order valence-corrected chi connectivity index (χ2v) is 30.3. The summed E-state index contributed by atoms with van der Waals surface area (Å²) in [5.74, 6) is 0. The van der Waals surface area contributed by atoms with Crippen molar-refractivity contribution in [1.82, 2.24) is 24.9 Å². The second-order valence-electron chi connectivity index (χ2n) is 28.9. The number of benzene rings is 9. The van der Waals surface area contributed by atoms with Crippen molar-refractivity contribution < 1.29 is 93.0 Å². The second kappa shape index (κ2) is 41.0. The van der Waals surface area contributed by atoms with E-state index in [1.807, 2.05) is 80.8 Å². The molecule has 116 heavy (non-hydrogen) atoms. The molecule has 9 aromatic carbocycles. The van der Waals surface area contributed by atoms with Gasteiger partial charge in [0.15, 0.2) is 0 Å². The van der Waals surface area contributed by atoms with E-state index in [0.717, 1.165) is 70.4 Å². The van der Waals surface area contributed by atoms with Crippen molar-refractivity contribution in [2.75, 3.05) is 14.2 Å². The Morgan fingerprint density at radius 1 is 0.328 bits per heavy atom. The first-order valence-corrected chi connectivity index (χ1v) is 37.9. The molecule has 16 rings (SSSR count). The Labute approximate surface area is 727 Å². The van der Waals surface area contributed by atoms with Crippen molar-refractivity contribution in [2.45, 2.75) is 124 Å². The average molecular weight is 1940 g/mol. The zero-order valence-electron chi connectivity index (χ0n) is 78.2. The van der Waals surface area contributed by atoms with E-state index in [1.165, 1.54) is 103 Å². The van der Waals surface area contributed by atoms with Gasteiger partial charge in [-0.05, 0) is 157 Å². The summed E-state index contributed by atoms with van der Waals surface area (Å²) < 4.78 is 145. The number of aliphatic hydroxyl groups excluding tert-OH is 2. The van der Waals surface area contributed by atoms with Crippen LogP contribution in [0.25, 0.3) is 78.5 Å². The summed E-state index contributed by atoms with van der Waals surface area (Å²) in [6.45, 7) is 14.2. The van der Waals surface area contributed by atoms with Crippen molar-refractivity contribution in [1.29, 1.82) is 0 Å². The molecule has 0 bridgehead atoms. The molecule has 0 saturated carbocycles. The molecular weight excluding hydrogens is 1820 g/mol. The summed E-state index contributed by atoms with van der Waals surface area (Å²) in [5.41, 5.74) is 22.3. The average Bonchev–Trinajstić information content (AvgIpc) is 0.719. The number of hydrogen-bond acceptors (Lipinski definition) is 9. The number of alkyl halides is 3. The van der Waals surface area contributed by atoms with Gasteiger partial charge in [0.2, 0.25) is 0 Å². The largest absolute Gasteiger partial charge is 0.522 e. The maximum Gasteiger partial charge on any atom is 0.522 e. The first-order chi connectivity index (χ1) is 59.1.